The van der Waals surface area contributed by atoms with Crippen molar-refractivity contribution >= 4 is 64.0 Å². The Morgan fingerprint density at radius 1 is 1.20 bits per heavy atom. The number of carbonyl (C=O) groups excluding carboxylic acids is 1. The smallest absolute Gasteiger partial charge is 0.338 e. The molecule has 1 saturated heterocycles. The number of methoxy groups -OCH3 is 1. The van der Waals surface area contributed by atoms with E-state index in [0.29, 0.717) is 56.3 Å². The van der Waals surface area contributed by atoms with Crippen LogP contribution in [0.25, 0.3) is 22.1 Å². The zero-order chi connectivity index (χ0) is 32.0. The van der Waals surface area contributed by atoms with Gasteiger partial charge in [0.15, 0.2) is 5.13 Å². The van der Waals surface area contributed by atoms with Crippen LogP contribution in [0.15, 0.2) is 56.3 Å². The van der Waals surface area contributed by atoms with Crippen LogP contribution in [0.2, 0.25) is 0 Å². The number of carbonyl (C=O) groups is 1. The second-order valence-electron chi connectivity index (χ2n) is 12.8. The van der Waals surface area contributed by atoms with Crippen molar-refractivity contribution in [3.8, 4) is 16.2 Å². The van der Waals surface area contributed by atoms with Crippen molar-refractivity contribution in [3.63, 3.8) is 0 Å². The lowest BCUT2D eigenvalue weighted by molar-refractivity contribution is 0.00692. The summed E-state index contributed by atoms with van der Waals surface area (Å²) in [5, 5.41) is 6.25. The Labute approximate surface area is 277 Å². The molecule has 0 amide bonds. The maximum Gasteiger partial charge on any atom is 0.338 e. The lowest BCUT2D eigenvalue weighted by Gasteiger charge is -2.20. The Hall–Kier alpha value is -3.40. The predicted octanol–water partition coefficient (Wildman–Crippen LogP) is 8.79. The number of esters is 1. The summed E-state index contributed by atoms with van der Waals surface area (Å²) in [5.41, 5.74) is 2.93. The molecule has 236 valence electrons. The van der Waals surface area contributed by atoms with Crippen molar-refractivity contribution in [1.82, 2.24) is 10.1 Å². The van der Waals surface area contributed by atoms with Gasteiger partial charge in [-0.25, -0.2) is 9.78 Å². The van der Waals surface area contributed by atoms with Crippen molar-refractivity contribution in [2.45, 2.75) is 52.1 Å². The first-order chi connectivity index (χ1) is 21.5. The average molecular weight is 668 g/mol. The molecule has 0 radical (unpaired) electrons. The number of nitrogens with zero attached hydrogens (tertiary/aromatic N) is 4. The summed E-state index contributed by atoms with van der Waals surface area (Å²) in [7, 11) is 1.59. The second-order valence-corrected chi connectivity index (χ2v) is 14.8. The Morgan fingerprint density at radius 3 is 2.56 bits per heavy atom. The van der Waals surface area contributed by atoms with E-state index in [0.717, 1.165) is 52.8 Å². The Balaban J connectivity index is 1.16. The summed E-state index contributed by atoms with van der Waals surface area (Å²) >= 11 is 14.6. The van der Waals surface area contributed by atoms with Gasteiger partial charge in [0.05, 0.1) is 22.6 Å². The maximum absolute atomic E-state index is 12.8. The number of hydrogen-bond acceptors (Lipinski definition) is 9. The minimum atomic E-state index is -0.587. The van der Waals surface area contributed by atoms with E-state index in [4.69, 9.17) is 42.2 Å². The van der Waals surface area contributed by atoms with E-state index < -0.39 is 5.60 Å². The molecule has 0 bridgehead atoms. The van der Waals surface area contributed by atoms with Crippen LogP contribution in [-0.4, -0.2) is 48.6 Å². The highest BCUT2D eigenvalue weighted by molar-refractivity contribution is 7.18. The van der Waals surface area contributed by atoms with E-state index >= 15 is 0 Å². The lowest BCUT2D eigenvalue weighted by Crippen LogP contribution is -2.23. The fraction of sp³-hybridized carbons (Fsp3) is 0.412. The highest BCUT2D eigenvalue weighted by Gasteiger charge is 2.54. The van der Waals surface area contributed by atoms with E-state index in [-0.39, 0.29) is 5.97 Å². The minimum Gasteiger partial charge on any atom is -0.497 e. The molecule has 0 spiro atoms. The molecule has 3 aromatic rings. The quantitative estimate of drug-likeness (QED) is 0.121. The zero-order valence-corrected chi connectivity index (χ0v) is 28.3. The second kappa shape index (κ2) is 12.4. The molecule has 2 aromatic heterocycles. The Bertz CT molecular complexity index is 1710. The topological polar surface area (TPSA) is 90.0 Å². The van der Waals surface area contributed by atoms with E-state index in [1.54, 1.807) is 31.4 Å². The van der Waals surface area contributed by atoms with Crippen molar-refractivity contribution in [3.05, 3.63) is 69.3 Å². The molecule has 11 heteroatoms. The van der Waals surface area contributed by atoms with E-state index in [1.807, 2.05) is 39.1 Å². The third-order valence-electron chi connectivity index (χ3n) is 8.30. The fourth-order valence-electron chi connectivity index (χ4n) is 5.96. The van der Waals surface area contributed by atoms with Crippen LogP contribution in [0.5, 0.6) is 5.75 Å². The van der Waals surface area contributed by atoms with Gasteiger partial charge >= 0.3 is 5.97 Å². The monoisotopic (exact) mass is 666 g/mol. The van der Waals surface area contributed by atoms with Gasteiger partial charge in [0, 0.05) is 47.6 Å². The molecule has 0 N–H and O–H groups in total. The number of aromatic nitrogens is 2. The van der Waals surface area contributed by atoms with Gasteiger partial charge in [0.25, 0.3) is 0 Å². The number of thiazole rings is 1. The van der Waals surface area contributed by atoms with Crippen LogP contribution in [0.1, 0.15) is 73.8 Å². The predicted molar refractivity (Wildman–Crippen MR) is 181 cm³/mol. The van der Waals surface area contributed by atoms with Crippen LogP contribution in [-0.2, 0) is 4.74 Å². The van der Waals surface area contributed by atoms with Gasteiger partial charge in [-0.3, -0.25) is 4.99 Å². The molecule has 1 aliphatic heterocycles. The van der Waals surface area contributed by atoms with Gasteiger partial charge in [-0.1, -0.05) is 51.8 Å². The SMILES string of the molecule is C=N/C=C(Cl)\C(=C(/C)Cl)c1noc(C2CC2)c1/C=C/C1C2CN(c3ncc(-c4cc(OC)cc(C(=O)OC(C)(C)C)c4)s3)CC12. The normalized spacial score (nSPS) is 22.0. The van der Waals surface area contributed by atoms with E-state index in [2.05, 4.69) is 33.9 Å². The summed E-state index contributed by atoms with van der Waals surface area (Å²) in [6, 6.07) is 5.47. The van der Waals surface area contributed by atoms with E-state index in [1.165, 1.54) is 6.20 Å². The van der Waals surface area contributed by atoms with Gasteiger partial charge < -0.3 is 18.9 Å². The molecule has 2 aliphatic carbocycles. The van der Waals surface area contributed by atoms with Gasteiger partial charge in [0.2, 0.25) is 0 Å². The summed E-state index contributed by atoms with van der Waals surface area (Å²) in [6.07, 6.45) is 9.95. The first-order valence-electron chi connectivity index (χ1n) is 15.0. The fourth-order valence-corrected chi connectivity index (χ4v) is 7.42. The number of piperidine rings is 1. The molecule has 8 nitrogen and oxygen atoms in total. The number of allylic oxidation sites excluding steroid dienone is 4. The third-order valence-corrected chi connectivity index (χ3v) is 9.88. The number of rotatable bonds is 10. The standard InChI is InChI=1S/C34H36Cl2N4O4S/c1-18(35)29(27(36)14-37-5)30-24(31(44-39-30)19-7-8-19)10-9-23-25-16-40(17-26(23)25)33-38-15-28(45-33)20-11-21(13-22(12-20)42-6)32(41)43-34(2,3)4/h9-15,19,23,25-26H,5,7-8,16-17H2,1-4,6H3/b10-9+,27-14+,29-18-. The number of hydrogen-bond donors (Lipinski definition) is 0. The molecule has 6 rings (SSSR count). The number of ether oxygens (including phenoxy) is 2. The van der Waals surface area contributed by atoms with Crippen molar-refractivity contribution < 1.29 is 18.8 Å². The summed E-state index contributed by atoms with van der Waals surface area (Å²) in [6.45, 7) is 12.7. The van der Waals surface area contributed by atoms with Crippen LogP contribution >= 0.6 is 34.5 Å². The average Bonchev–Trinajstić information content (AvgIpc) is 3.71. The first kappa shape index (κ1) is 31.6. The zero-order valence-electron chi connectivity index (χ0n) is 26.0. The molecule has 3 fully saturated rings. The van der Waals surface area contributed by atoms with Crippen molar-refractivity contribution in [2.24, 2.45) is 22.7 Å². The van der Waals surface area contributed by atoms with Crippen LogP contribution in [0, 0.1) is 17.8 Å². The summed E-state index contributed by atoms with van der Waals surface area (Å²) < 4.78 is 16.9. The summed E-state index contributed by atoms with van der Waals surface area (Å²) in [4.78, 5) is 24.7. The number of aliphatic imine (C=N–C) groups is 1. The Morgan fingerprint density at radius 2 is 1.93 bits per heavy atom. The van der Waals surface area contributed by atoms with Gasteiger partial charge in [-0.05, 0) is 88.8 Å². The number of fused-ring (bicyclic) bond motifs is 1. The molecule has 45 heavy (non-hydrogen) atoms. The molecule has 2 unspecified atom stereocenters. The molecule has 2 saturated carbocycles. The number of benzene rings is 1. The molecular formula is C34H36Cl2N4O4S. The highest BCUT2D eigenvalue weighted by atomic mass is 35.5. The largest absolute Gasteiger partial charge is 0.497 e. The minimum absolute atomic E-state index is 0.375. The van der Waals surface area contributed by atoms with Gasteiger partial charge in [-0.2, -0.15) is 0 Å². The molecular weight excluding hydrogens is 631 g/mol. The molecule has 1 aromatic carbocycles. The van der Waals surface area contributed by atoms with Crippen molar-refractivity contribution in [1.29, 1.82) is 0 Å². The molecule has 3 aliphatic rings. The Kier molecular flexibility index (Phi) is 8.71. The van der Waals surface area contributed by atoms with Crippen LogP contribution in [0.4, 0.5) is 5.13 Å². The lowest BCUT2D eigenvalue weighted by atomic mass is 10.0. The first-order valence-corrected chi connectivity index (χ1v) is 16.5. The molecule has 3 heterocycles. The third kappa shape index (κ3) is 6.76. The van der Waals surface area contributed by atoms with E-state index in [9.17, 15) is 4.79 Å². The molecule has 2 atom stereocenters. The van der Waals surface area contributed by atoms with Crippen LogP contribution in [0.3, 0.4) is 0 Å². The summed E-state index contributed by atoms with van der Waals surface area (Å²) in [5.74, 6) is 3.05. The highest BCUT2D eigenvalue weighted by Crippen LogP contribution is 2.54. The van der Waals surface area contributed by atoms with Crippen LogP contribution < -0.4 is 9.64 Å². The van der Waals surface area contributed by atoms with Crippen molar-refractivity contribution in [2.75, 3.05) is 25.1 Å². The van der Waals surface area contributed by atoms with Gasteiger partial charge in [-0.15, -0.1) is 0 Å². The number of halogens is 2. The number of anilines is 1. The van der Waals surface area contributed by atoms with Gasteiger partial charge in [0.1, 0.15) is 22.8 Å². The maximum atomic E-state index is 12.8.